The van der Waals surface area contributed by atoms with Crippen LogP contribution in [0, 0.1) is 23.5 Å². The molecule has 2 aromatic rings. The molecule has 2 aromatic carbocycles. The molecule has 0 unspecified atom stereocenters. The van der Waals surface area contributed by atoms with Crippen molar-refractivity contribution in [2.24, 2.45) is 0 Å². The molecule has 21 heavy (non-hydrogen) atoms. The van der Waals surface area contributed by atoms with Crippen molar-refractivity contribution in [3.8, 4) is 17.6 Å². The molecule has 0 atom stereocenters. The van der Waals surface area contributed by atoms with Gasteiger partial charge in [0.2, 0.25) is 0 Å². The zero-order valence-electron chi connectivity index (χ0n) is 11.3. The molecule has 0 spiro atoms. The molecule has 0 amide bonds. The summed E-state index contributed by atoms with van der Waals surface area (Å²) in [7, 11) is 0. The van der Waals surface area contributed by atoms with Gasteiger partial charge >= 0.3 is 0 Å². The second-order valence-electron chi connectivity index (χ2n) is 4.30. The first-order valence-corrected chi connectivity index (χ1v) is 6.46. The van der Waals surface area contributed by atoms with Crippen LogP contribution >= 0.6 is 0 Å². The summed E-state index contributed by atoms with van der Waals surface area (Å²) in [5.41, 5.74) is 0.645. The summed E-state index contributed by atoms with van der Waals surface area (Å²) in [5, 5.41) is 8.61. The van der Waals surface area contributed by atoms with Gasteiger partial charge in [0.25, 0.3) is 0 Å². The molecular weight excluding hydrogens is 274 g/mol. The highest BCUT2D eigenvalue weighted by Gasteiger charge is 2.05. The summed E-state index contributed by atoms with van der Waals surface area (Å²) in [5.74, 6) is 4.71. The third-order valence-electron chi connectivity index (χ3n) is 2.75. The summed E-state index contributed by atoms with van der Waals surface area (Å²) < 4.78 is 32.5. The Morgan fingerprint density at radius 2 is 1.86 bits per heavy atom. The summed E-state index contributed by atoms with van der Waals surface area (Å²) in [6.45, 7) is -0.0277. The first-order valence-electron chi connectivity index (χ1n) is 6.46. The SMILES string of the molecule is OCCC#Cc1ccc(OCc2ccccc2F)cc1F. The molecule has 4 heteroatoms. The fourth-order valence-corrected chi connectivity index (χ4v) is 1.68. The van der Waals surface area contributed by atoms with E-state index in [4.69, 9.17) is 9.84 Å². The molecule has 2 rings (SSSR count). The minimum atomic E-state index is -0.508. The molecule has 0 heterocycles. The fraction of sp³-hybridized carbons (Fsp3) is 0.176. The Hall–Kier alpha value is -2.38. The van der Waals surface area contributed by atoms with Crippen LogP contribution in [0.15, 0.2) is 42.5 Å². The number of benzene rings is 2. The Labute approximate surface area is 122 Å². The molecule has 0 aromatic heterocycles. The van der Waals surface area contributed by atoms with Crippen LogP contribution in [0.4, 0.5) is 8.78 Å². The molecule has 0 fully saturated rings. The van der Waals surface area contributed by atoms with Gasteiger partial charge in [-0.3, -0.25) is 0 Å². The first-order chi connectivity index (χ1) is 10.2. The fourth-order valence-electron chi connectivity index (χ4n) is 1.68. The Balaban J connectivity index is 2.04. The van der Waals surface area contributed by atoms with E-state index >= 15 is 0 Å². The van der Waals surface area contributed by atoms with Crippen molar-refractivity contribution in [3.05, 3.63) is 65.2 Å². The van der Waals surface area contributed by atoms with E-state index in [1.54, 1.807) is 24.3 Å². The van der Waals surface area contributed by atoms with Crippen molar-refractivity contribution < 1.29 is 18.6 Å². The highest BCUT2D eigenvalue weighted by molar-refractivity contribution is 5.39. The van der Waals surface area contributed by atoms with E-state index in [0.717, 1.165) is 0 Å². The quantitative estimate of drug-likeness (QED) is 0.875. The van der Waals surface area contributed by atoms with Crippen LogP contribution in [-0.4, -0.2) is 11.7 Å². The van der Waals surface area contributed by atoms with Gasteiger partial charge in [-0.25, -0.2) is 8.78 Å². The second kappa shape index (κ2) is 7.41. The van der Waals surface area contributed by atoms with E-state index in [-0.39, 0.29) is 24.6 Å². The average molecular weight is 288 g/mol. The Morgan fingerprint density at radius 3 is 2.57 bits per heavy atom. The molecule has 2 nitrogen and oxygen atoms in total. The zero-order chi connectivity index (χ0) is 15.1. The molecule has 0 aliphatic rings. The van der Waals surface area contributed by atoms with Crippen LogP contribution < -0.4 is 4.74 Å². The topological polar surface area (TPSA) is 29.5 Å². The van der Waals surface area contributed by atoms with Crippen LogP contribution in [0.25, 0.3) is 0 Å². The maximum absolute atomic E-state index is 13.8. The summed E-state index contributed by atoms with van der Waals surface area (Å²) in [6, 6.07) is 10.5. The number of aliphatic hydroxyl groups is 1. The van der Waals surface area contributed by atoms with Crippen LogP contribution in [-0.2, 0) is 6.61 Å². The Kier molecular flexibility index (Phi) is 5.30. The van der Waals surface area contributed by atoms with Gasteiger partial charge in [0.15, 0.2) is 0 Å². The number of aliphatic hydroxyl groups excluding tert-OH is 1. The lowest BCUT2D eigenvalue weighted by atomic mass is 10.2. The lowest BCUT2D eigenvalue weighted by Crippen LogP contribution is -1.98. The van der Waals surface area contributed by atoms with Gasteiger partial charge in [0.05, 0.1) is 12.2 Å². The van der Waals surface area contributed by atoms with E-state index < -0.39 is 5.82 Å². The Morgan fingerprint density at radius 1 is 1.05 bits per heavy atom. The normalized spacial score (nSPS) is 9.86. The predicted molar refractivity (Wildman–Crippen MR) is 75.7 cm³/mol. The minimum Gasteiger partial charge on any atom is -0.489 e. The summed E-state index contributed by atoms with van der Waals surface area (Å²) in [6.07, 6.45) is 0.297. The number of halogens is 2. The van der Waals surface area contributed by atoms with Crippen LogP contribution in [0.2, 0.25) is 0 Å². The standard InChI is InChI=1S/C17H14F2O2/c18-16-7-2-1-6-14(16)12-21-15-9-8-13(17(19)11-15)5-3-4-10-20/h1-2,6-9,11,20H,4,10,12H2. The third kappa shape index (κ3) is 4.30. The largest absolute Gasteiger partial charge is 0.489 e. The lowest BCUT2D eigenvalue weighted by molar-refractivity contribution is 0.298. The van der Waals surface area contributed by atoms with Gasteiger partial charge in [-0.2, -0.15) is 0 Å². The monoisotopic (exact) mass is 288 g/mol. The first kappa shape index (κ1) is 15.0. The highest BCUT2D eigenvalue weighted by atomic mass is 19.1. The zero-order valence-corrected chi connectivity index (χ0v) is 11.3. The van der Waals surface area contributed by atoms with Gasteiger partial charge < -0.3 is 9.84 Å². The Bertz CT molecular complexity index is 672. The molecule has 1 N–H and O–H groups in total. The van der Waals surface area contributed by atoms with E-state index in [0.29, 0.717) is 17.7 Å². The molecule has 0 saturated heterocycles. The molecule has 0 bridgehead atoms. The molecule has 0 aliphatic heterocycles. The smallest absolute Gasteiger partial charge is 0.142 e. The van der Waals surface area contributed by atoms with Crippen molar-refractivity contribution >= 4 is 0 Å². The number of hydrogen-bond donors (Lipinski definition) is 1. The van der Waals surface area contributed by atoms with E-state index in [2.05, 4.69) is 11.8 Å². The van der Waals surface area contributed by atoms with E-state index in [9.17, 15) is 8.78 Å². The minimum absolute atomic E-state index is 0.0294. The molecule has 0 saturated carbocycles. The van der Waals surface area contributed by atoms with Crippen molar-refractivity contribution in [3.63, 3.8) is 0 Å². The maximum atomic E-state index is 13.8. The maximum Gasteiger partial charge on any atom is 0.142 e. The van der Waals surface area contributed by atoms with Crippen molar-refractivity contribution in [1.29, 1.82) is 0 Å². The lowest BCUT2D eigenvalue weighted by Gasteiger charge is -2.07. The van der Waals surface area contributed by atoms with Crippen LogP contribution in [0.5, 0.6) is 5.75 Å². The molecular formula is C17H14F2O2. The second-order valence-corrected chi connectivity index (χ2v) is 4.30. The number of rotatable bonds is 4. The van der Waals surface area contributed by atoms with Crippen molar-refractivity contribution in [1.82, 2.24) is 0 Å². The van der Waals surface area contributed by atoms with Crippen LogP contribution in [0.3, 0.4) is 0 Å². The van der Waals surface area contributed by atoms with Gasteiger partial charge in [0.1, 0.15) is 24.0 Å². The molecule has 0 aliphatic carbocycles. The number of ether oxygens (including phenoxy) is 1. The van der Waals surface area contributed by atoms with Crippen molar-refractivity contribution in [2.45, 2.75) is 13.0 Å². The van der Waals surface area contributed by atoms with Gasteiger partial charge in [-0.05, 0) is 18.2 Å². The van der Waals surface area contributed by atoms with Gasteiger partial charge in [-0.1, -0.05) is 30.0 Å². The summed E-state index contributed by atoms with van der Waals surface area (Å²) >= 11 is 0. The summed E-state index contributed by atoms with van der Waals surface area (Å²) in [4.78, 5) is 0. The molecule has 0 radical (unpaired) electrons. The van der Waals surface area contributed by atoms with Crippen molar-refractivity contribution in [2.75, 3.05) is 6.61 Å². The van der Waals surface area contributed by atoms with Crippen LogP contribution in [0.1, 0.15) is 17.5 Å². The van der Waals surface area contributed by atoms with Gasteiger partial charge in [0, 0.05) is 18.1 Å². The van der Waals surface area contributed by atoms with Gasteiger partial charge in [-0.15, -0.1) is 0 Å². The average Bonchev–Trinajstić information content (AvgIpc) is 2.49. The predicted octanol–water partition coefficient (Wildman–Crippen LogP) is 3.28. The highest BCUT2D eigenvalue weighted by Crippen LogP contribution is 2.18. The van der Waals surface area contributed by atoms with E-state index in [1.807, 2.05) is 0 Å². The third-order valence-corrected chi connectivity index (χ3v) is 2.75. The van der Waals surface area contributed by atoms with E-state index in [1.165, 1.54) is 18.2 Å². The molecule has 108 valence electrons. The number of hydrogen-bond acceptors (Lipinski definition) is 2.